The molecule has 0 saturated heterocycles. The summed E-state index contributed by atoms with van der Waals surface area (Å²) in [6.45, 7) is 2.03. The Morgan fingerprint density at radius 1 is 1.00 bits per heavy atom. The monoisotopic (exact) mass is 425 g/mol. The van der Waals surface area contributed by atoms with Crippen LogP contribution in [0.2, 0.25) is 0 Å². The Balaban J connectivity index is 1.86. The number of nitrogens with one attached hydrogen (secondary N) is 2. The van der Waals surface area contributed by atoms with Gasteiger partial charge in [-0.2, -0.15) is 0 Å². The Morgan fingerprint density at radius 3 is 2.37 bits per heavy atom. The summed E-state index contributed by atoms with van der Waals surface area (Å²) in [6.07, 6.45) is 0.872. The summed E-state index contributed by atoms with van der Waals surface area (Å²) in [4.78, 5) is 22.7. The highest BCUT2D eigenvalue weighted by atomic mass is 32.2. The summed E-state index contributed by atoms with van der Waals surface area (Å²) in [6, 6.07) is 18.1. The Hall–Kier alpha value is -3.72. The molecule has 30 heavy (non-hydrogen) atoms. The zero-order valence-electron chi connectivity index (χ0n) is 16.0. The number of sulfonamides is 1. The second-order valence-electron chi connectivity index (χ2n) is 6.41. The minimum absolute atomic E-state index is 0.0617. The molecule has 0 bridgehead atoms. The van der Waals surface area contributed by atoms with Crippen LogP contribution in [0.3, 0.4) is 0 Å². The third-order valence-electron chi connectivity index (χ3n) is 4.37. The van der Waals surface area contributed by atoms with Crippen LogP contribution in [0, 0.1) is 10.1 Å². The highest BCUT2D eigenvalue weighted by molar-refractivity contribution is 7.92. The van der Waals surface area contributed by atoms with Crippen molar-refractivity contribution in [1.82, 2.24) is 0 Å². The quantitative estimate of drug-likeness (QED) is 0.434. The van der Waals surface area contributed by atoms with E-state index in [0.717, 1.165) is 18.1 Å². The van der Waals surface area contributed by atoms with Crippen molar-refractivity contribution in [2.24, 2.45) is 0 Å². The molecule has 8 nitrogen and oxygen atoms in total. The summed E-state index contributed by atoms with van der Waals surface area (Å²) in [7, 11) is -4.14. The molecule has 1 amide bonds. The smallest absolute Gasteiger partial charge is 0.270 e. The van der Waals surface area contributed by atoms with Crippen molar-refractivity contribution in [3.63, 3.8) is 0 Å². The molecule has 0 aromatic heterocycles. The Bertz CT molecular complexity index is 1190. The van der Waals surface area contributed by atoms with Gasteiger partial charge in [0.2, 0.25) is 0 Å². The topological polar surface area (TPSA) is 118 Å². The number of hydrogen-bond acceptors (Lipinski definition) is 5. The van der Waals surface area contributed by atoms with Crippen LogP contribution in [0.1, 0.15) is 22.8 Å². The Morgan fingerprint density at radius 2 is 1.70 bits per heavy atom. The maximum atomic E-state index is 12.7. The highest BCUT2D eigenvalue weighted by Gasteiger charge is 2.20. The van der Waals surface area contributed by atoms with Crippen LogP contribution in [0.4, 0.5) is 17.1 Å². The molecule has 0 radical (unpaired) electrons. The van der Waals surface area contributed by atoms with E-state index in [9.17, 15) is 23.3 Å². The molecule has 3 rings (SSSR count). The van der Waals surface area contributed by atoms with Gasteiger partial charge in [-0.3, -0.25) is 19.6 Å². The van der Waals surface area contributed by atoms with Crippen molar-refractivity contribution < 1.29 is 18.1 Å². The molecule has 0 unspecified atom stereocenters. The second kappa shape index (κ2) is 8.75. The normalized spacial score (nSPS) is 11.0. The maximum absolute atomic E-state index is 12.7. The fraction of sp³-hybridized carbons (Fsp3) is 0.0952. The second-order valence-corrected chi connectivity index (χ2v) is 8.09. The van der Waals surface area contributed by atoms with E-state index < -0.39 is 20.9 Å². The molecule has 0 aliphatic rings. The first-order valence-corrected chi connectivity index (χ1v) is 10.5. The van der Waals surface area contributed by atoms with Gasteiger partial charge in [-0.1, -0.05) is 37.3 Å². The number of nitro benzene ring substituents is 1. The Labute approximate surface area is 173 Å². The molecule has 2 N–H and O–H groups in total. The number of hydrogen-bond donors (Lipinski definition) is 2. The zero-order valence-corrected chi connectivity index (χ0v) is 16.8. The van der Waals surface area contributed by atoms with Crippen molar-refractivity contribution >= 4 is 33.0 Å². The van der Waals surface area contributed by atoms with Crippen LogP contribution in [-0.2, 0) is 16.4 Å². The molecule has 0 saturated carbocycles. The third-order valence-corrected chi connectivity index (χ3v) is 5.74. The average Bonchev–Trinajstić information content (AvgIpc) is 2.74. The summed E-state index contributed by atoms with van der Waals surface area (Å²) in [5.41, 5.74) is 1.53. The SMILES string of the molecule is CCc1ccc(NC(=O)c2ccccc2NS(=O)(=O)c2cccc([N+](=O)[O-])c2)cc1. The van der Waals surface area contributed by atoms with Crippen molar-refractivity contribution in [3.8, 4) is 0 Å². The maximum Gasteiger partial charge on any atom is 0.270 e. The molecule has 0 heterocycles. The van der Waals surface area contributed by atoms with Crippen LogP contribution >= 0.6 is 0 Å². The number of non-ortho nitro benzene ring substituents is 1. The van der Waals surface area contributed by atoms with Gasteiger partial charge in [0, 0.05) is 17.8 Å². The number of carbonyl (C=O) groups excluding carboxylic acids is 1. The van der Waals surface area contributed by atoms with E-state index in [4.69, 9.17) is 0 Å². The summed E-state index contributed by atoms with van der Waals surface area (Å²) in [5.74, 6) is -0.489. The number of nitrogens with zero attached hydrogens (tertiary/aromatic N) is 1. The summed E-state index contributed by atoms with van der Waals surface area (Å²) in [5, 5.41) is 13.7. The first-order chi connectivity index (χ1) is 14.3. The molecule has 9 heteroatoms. The van der Waals surface area contributed by atoms with Crippen LogP contribution in [0.15, 0.2) is 77.7 Å². The molecular weight excluding hydrogens is 406 g/mol. The minimum Gasteiger partial charge on any atom is -0.322 e. The summed E-state index contributed by atoms with van der Waals surface area (Å²) < 4.78 is 27.8. The molecule has 0 fully saturated rings. The van der Waals surface area contributed by atoms with Gasteiger partial charge in [-0.25, -0.2) is 8.42 Å². The lowest BCUT2D eigenvalue weighted by atomic mass is 10.1. The van der Waals surface area contributed by atoms with Gasteiger partial charge in [-0.15, -0.1) is 0 Å². The first kappa shape index (κ1) is 21.0. The van der Waals surface area contributed by atoms with Crippen molar-refractivity contribution in [2.75, 3.05) is 10.0 Å². The van der Waals surface area contributed by atoms with Crippen LogP contribution in [-0.4, -0.2) is 19.2 Å². The molecule has 154 valence electrons. The lowest BCUT2D eigenvalue weighted by Crippen LogP contribution is -2.18. The molecular formula is C21H19N3O5S. The summed E-state index contributed by atoms with van der Waals surface area (Å²) >= 11 is 0. The van der Waals surface area contributed by atoms with Gasteiger partial charge < -0.3 is 5.32 Å². The van der Waals surface area contributed by atoms with Gasteiger partial charge in [0.15, 0.2) is 0 Å². The number of amides is 1. The van der Waals surface area contributed by atoms with E-state index in [1.54, 1.807) is 24.3 Å². The molecule has 3 aromatic carbocycles. The molecule has 0 aliphatic heterocycles. The van der Waals surface area contributed by atoms with E-state index in [2.05, 4.69) is 10.0 Å². The van der Waals surface area contributed by atoms with Gasteiger partial charge >= 0.3 is 0 Å². The number of nitro groups is 1. The van der Waals surface area contributed by atoms with Crippen LogP contribution in [0.5, 0.6) is 0 Å². The van der Waals surface area contributed by atoms with Crippen molar-refractivity contribution in [1.29, 1.82) is 0 Å². The Kier molecular flexibility index (Phi) is 6.12. The standard InChI is InChI=1S/C21H19N3O5S/c1-2-15-10-12-16(13-11-15)22-21(25)19-8-3-4-9-20(19)23-30(28,29)18-7-5-6-17(14-18)24(26)27/h3-14,23H,2H2,1H3,(H,22,25). The van der Waals surface area contributed by atoms with Gasteiger partial charge in [0.25, 0.3) is 21.6 Å². The number of para-hydroxylation sites is 1. The van der Waals surface area contributed by atoms with Crippen molar-refractivity contribution in [2.45, 2.75) is 18.2 Å². The molecule has 0 spiro atoms. The van der Waals surface area contributed by atoms with Crippen molar-refractivity contribution in [3.05, 3.63) is 94.0 Å². The first-order valence-electron chi connectivity index (χ1n) is 9.07. The van der Waals surface area contributed by atoms with E-state index in [1.165, 1.54) is 30.3 Å². The number of benzene rings is 3. The third kappa shape index (κ3) is 4.81. The number of aryl methyl sites for hydroxylation is 1. The average molecular weight is 425 g/mol. The highest BCUT2D eigenvalue weighted by Crippen LogP contribution is 2.23. The molecule has 0 aliphatic carbocycles. The van der Waals surface area contributed by atoms with Gasteiger partial charge in [0.1, 0.15) is 0 Å². The van der Waals surface area contributed by atoms with Crippen LogP contribution < -0.4 is 10.0 Å². The number of carbonyl (C=O) groups is 1. The van der Waals surface area contributed by atoms with Gasteiger partial charge in [0.05, 0.1) is 21.1 Å². The lowest BCUT2D eigenvalue weighted by molar-refractivity contribution is -0.385. The zero-order chi connectivity index (χ0) is 21.7. The number of rotatable bonds is 7. The predicted molar refractivity (Wildman–Crippen MR) is 114 cm³/mol. The molecule has 3 aromatic rings. The van der Waals surface area contributed by atoms with Crippen LogP contribution in [0.25, 0.3) is 0 Å². The van der Waals surface area contributed by atoms with Gasteiger partial charge in [-0.05, 0) is 42.3 Å². The largest absolute Gasteiger partial charge is 0.322 e. The number of anilines is 2. The minimum atomic E-state index is -4.14. The molecule has 0 atom stereocenters. The van der Waals surface area contributed by atoms with E-state index in [-0.39, 0.29) is 21.8 Å². The fourth-order valence-corrected chi connectivity index (χ4v) is 3.88. The van der Waals surface area contributed by atoms with E-state index >= 15 is 0 Å². The lowest BCUT2D eigenvalue weighted by Gasteiger charge is -2.13. The van der Waals surface area contributed by atoms with E-state index in [1.807, 2.05) is 19.1 Å². The fourth-order valence-electron chi connectivity index (χ4n) is 2.76. The van der Waals surface area contributed by atoms with E-state index in [0.29, 0.717) is 5.69 Å². The predicted octanol–water partition coefficient (Wildman–Crippen LogP) is 4.21.